The summed E-state index contributed by atoms with van der Waals surface area (Å²) in [4.78, 5) is 0. The highest BCUT2D eigenvalue weighted by Crippen LogP contribution is 2.42. The molecule has 1 aliphatic heterocycles. The predicted octanol–water partition coefficient (Wildman–Crippen LogP) is 8.86. The zero-order valence-electron chi connectivity index (χ0n) is 21.1. The van der Waals surface area contributed by atoms with Crippen LogP contribution in [0.1, 0.15) is 36.8 Å². The Bertz CT molecular complexity index is 1400. The zero-order chi connectivity index (χ0) is 28.8. The molecule has 1 atom stereocenters. The molecule has 0 unspecified atom stereocenters. The van der Waals surface area contributed by atoms with Gasteiger partial charge < -0.3 is 9.47 Å². The van der Waals surface area contributed by atoms with E-state index in [2.05, 4.69) is 11.3 Å². The van der Waals surface area contributed by atoms with Gasteiger partial charge >= 0.3 is 6.11 Å². The molecular weight excluding hydrogens is 544 g/mol. The van der Waals surface area contributed by atoms with Crippen molar-refractivity contribution >= 4 is 0 Å². The minimum Gasteiger partial charge on any atom is -0.493 e. The van der Waals surface area contributed by atoms with Crippen LogP contribution in [0.15, 0.2) is 49.1 Å². The monoisotopic (exact) mass is 568 g/mol. The third-order valence-corrected chi connectivity index (χ3v) is 7.75. The van der Waals surface area contributed by atoms with Crippen molar-refractivity contribution in [3.05, 3.63) is 95.1 Å². The fourth-order valence-electron chi connectivity index (χ4n) is 5.60. The number of allylic oxidation sites excluding steroid dienone is 1. The smallest absolute Gasteiger partial charge is 0.432 e. The first-order valence-electron chi connectivity index (χ1n) is 12.8. The van der Waals surface area contributed by atoms with Crippen LogP contribution in [-0.4, -0.2) is 6.61 Å². The van der Waals surface area contributed by atoms with E-state index in [1.165, 1.54) is 12.1 Å². The van der Waals surface area contributed by atoms with Gasteiger partial charge in [-0.1, -0.05) is 6.08 Å². The van der Waals surface area contributed by atoms with Gasteiger partial charge in [0.2, 0.25) is 0 Å². The molecule has 0 saturated heterocycles. The molecule has 0 bridgehead atoms. The maximum absolute atomic E-state index is 15.1. The summed E-state index contributed by atoms with van der Waals surface area (Å²) in [5, 5.41) is 0. The summed E-state index contributed by atoms with van der Waals surface area (Å²) in [6.45, 7) is 4.25. The molecule has 0 N–H and O–H groups in total. The van der Waals surface area contributed by atoms with E-state index < -0.39 is 52.3 Å². The number of hydrogen-bond acceptors (Lipinski definition) is 2. The van der Waals surface area contributed by atoms with Crippen molar-refractivity contribution < 1.29 is 44.6 Å². The van der Waals surface area contributed by atoms with E-state index >= 15 is 4.39 Å². The van der Waals surface area contributed by atoms with E-state index in [9.17, 15) is 30.7 Å². The number of benzene rings is 3. The summed E-state index contributed by atoms with van der Waals surface area (Å²) in [7, 11) is 0. The Kier molecular flexibility index (Phi) is 7.54. The standard InChI is InChI=1S/C30H24F8O2/c1-2-15-3-5-16(6-4-15)19-7-18-10-22(31)21(13-27(18)39-14-19)17-8-23(32)28(24(33)9-17)30(37,38)40-20-11-25(34)29(36)26(35)12-20/h2,8-13,15-16,19H,1,3-7,14H2/t15?,16?,19-/m0/s1. The lowest BCUT2D eigenvalue weighted by Crippen LogP contribution is -2.30. The van der Waals surface area contributed by atoms with Gasteiger partial charge in [0, 0.05) is 17.7 Å². The fraction of sp³-hybridized carbons (Fsp3) is 0.333. The van der Waals surface area contributed by atoms with Gasteiger partial charge in [-0.25, -0.2) is 26.3 Å². The topological polar surface area (TPSA) is 18.5 Å². The highest BCUT2D eigenvalue weighted by Gasteiger charge is 2.42. The van der Waals surface area contributed by atoms with E-state index in [0.29, 0.717) is 48.3 Å². The number of rotatable bonds is 6. The molecule has 10 heteroatoms. The maximum atomic E-state index is 15.1. The molecule has 0 aromatic heterocycles. The number of fused-ring (bicyclic) bond motifs is 1. The molecule has 2 aliphatic rings. The van der Waals surface area contributed by atoms with Crippen LogP contribution in [-0.2, 0) is 12.5 Å². The fourth-order valence-corrected chi connectivity index (χ4v) is 5.60. The highest BCUT2D eigenvalue weighted by molar-refractivity contribution is 5.68. The van der Waals surface area contributed by atoms with Crippen LogP contribution in [0, 0.1) is 52.7 Å². The van der Waals surface area contributed by atoms with Crippen molar-refractivity contribution in [3.8, 4) is 22.6 Å². The normalized spacial score (nSPS) is 20.9. The Balaban J connectivity index is 1.38. The second kappa shape index (κ2) is 10.8. The van der Waals surface area contributed by atoms with Crippen molar-refractivity contribution in [1.82, 2.24) is 0 Å². The molecule has 0 spiro atoms. The van der Waals surface area contributed by atoms with Crippen molar-refractivity contribution in [2.75, 3.05) is 6.61 Å². The van der Waals surface area contributed by atoms with Crippen LogP contribution in [0.2, 0.25) is 0 Å². The summed E-state index contributed by atoms with van der Waals surface area (Å²) < 4.78 is 124. The third kappa shape index (κ3) is 5.40. The summed E-state index contributed by atoms with van der Waals surface area (Å²) in [6, 6.07) is 3.71. The summed E-state index contributed by atoms with van der Waals surface area (Å²) >= 11 is 0. The molecule has 3 aromatic rings. The molecule has 40 heavy (non-hydrogen) atoms. The summed E-state index contributed by atoms with van der Waals surface area (Å²) in [5.74, 6) is -9.74. The Morgan fingerprint density at radius 3 is 2.00 bits per heavy atom. The van der Waals surface area contributed by atoms with Crippen molar-refractivity contribution in [2.45, 2.75) is 38.2 Å². The van der Waals surface area contributed by atoms with Crippen molar-refractivity contribution in [3.63, 3.8) is 0 Å². The van der Waals surface area contributed by atoms with Crippen LogP contribution in [0.4, 0.5) is 35.1 Å². The maximum Gasteiger partial charge on any atom is 0.432 e. The SMILES string of the molecule is C=CC1CCC([C@@H]2COc3cc(-c4cc(F)c(C(F)(F)Oc5cc(F)c(F)c(F)c5)c(F)c4)c(F)cc3C2)CC1. The molecule has 2 nitrogen and oxygen atoms in total. The van der Waals surface area contributed by atoms with Crippen molar-refractivity contribution in [1.29, 1.82) is 0 Å². The molecular formula is C30H24F8O2. The summed E-state index contributed by atoms with van der Waals surface area (Å²) in [5.41, 5.74) is -1.90. The molecule has 1 saturated carbocycles. The lowest BCUT2D eigenvalue weighted by atomic mass is 9.73. The first kappa shape index (κ1) is 28.0. The Morgan fingerprint density at radius 1 is 0.775 bits per heavy atom. The first-order chi connectivity index (χ1) is 19.0. The average Bonchev–Trinajstić information content (AvgIpc) is 2.90. The Hall–Kier alpha value is -3.56. The van der Waals surface area contributed by atoms with Crippen LogP contribution in [0.5, 0.6) is 11.5 Å². The Morgan fingerprint density at radius 2 is 1.40 bits per heavy atom. The molecule has 212 valence electrons. The number of alkyl halides is 2. The van der Waals surface area contributed by atoms with Gasteiger partial charge in [-0.05, 0) is 85.3 Å². The van der Waals surface area contributed by atoms with Gasteiger partial charge in [0.1, 0.15) is 34.5 Å². The quantitative estimate of drug-likeness (QED) is 0.168. The van der Waals surface area contributed by atoms with Gasteiger partial charge in [-0.15, -0.1) is 6.58 Å². The van der Waals surface area contributed by atoms with Crippen molar-refractivity contribution in [2.24, 2.45) is 17.8 Å². The zero-order valence-corrected chi connectivity index (χ0v) is 21.1. The summed E-state index contributed by atoms with van der Waals surface area (Å²) in [6.07, 6.45) is 1.92. The van der Waals surface area contributed by atoms with Gasteiger partial charge in [0.15, 0.2) is 17.5 Å². The molecule has 3 aromatic carbocycles. The van der Waals surface area contributed by atoms with Gasteiger partial charge in [-0.3, -0.25) is 0 Å². The molecule has 5 rings (SSSR count). The van der Waals surface area contributed by atoms with Crippen LogP contribution >= 0.6 is 0 Å². The van der Waals surface area contributed by atoms with Gasteiger partial charge in [0.05, 0.1) is 6.61 Å². The van der Waals surface area contributed by atoms with Gasteiger partial charge in [0.25, 0.3) is 0 Å². The molecule has 0 amide bonds. The number of halogens is 8. The second-order valence-corrected chi connectivity index (χ2v) is 10.3. The number of hydrogen-bond donors (Lipinski definition) is 0. The van der Waals surface area contributed by atoms with E-state index in [0.717, 1.165) is 25.7 Å². The molecule has 1 heterocycles. The highest BCUT2D eigenvalue weighted by atomic mass is 19.3. The number of ether oxygens (including phenoxy) is 2. The first-order valence-corrected chi connectivity index (χ1v) is 12.8. The van der Waals surface area contributed by atoms with E-state index in [1.54, 1.807) is 0 Å². The lowest BCUT2D eigenvalue weighted by Gasteiger charge is -2.35. The van der Waals surface area contributed by atoms with E-state index in [1.807, 2.05) is 6.08 Å². The van der Waals surface area contributed by atoms with Crippen LogP contribution in [0.25, 0.3) is 11.1 Å². The van der Waals surface area contributed by atoms with Crippen LogP contribution in [0.3, 0.4) is 0 Å². The largest absolute Gasteiger partial charge is 0.493 e. The predicted molar refractivity (Wildman–Crippen MR) is 131 cm³/mol. The average molecular weight is 569 g/mol. The molecule has 0 radical (unpaired) electrons. The van der Waals surface area contributed by atoms with Gasteiger partial charge in [-0.2, -0.15) is 8.78 Å². The minimum absolute atomic E-state index is 0.107. The van der Waals surface area contributed by atoms with Crippen LogP contribution < -0.4 is 9.47 Å². The molecule has 1 aliphatic carbocycles. The minimum atomic E-state index is -4.75. The molecule has 1 fully saturated rings. The van der Waals surface area contributed by atoms with E-state index in [4.69, 9.17) is 4.74 Å². The van der Waals surface area contributed by atoms with E-state index in [-0.39, 0.29) is 29.2 Å². The second-order valence-electron chi connectivity index (χ2n) is 10.3. The Labute approximate surface area is 225 Å². The third-order valence-electron chi connectivity index (χ3n) is 7.75. The lowest BCUT2D eigenvalue weighted by molar-refractivity contribution is -0.189.